The molecule has 0 aliphatic heterocycles. The van der Waals surface area contributed by atoms with Crippen molar-refractivity contribution < 1.29 is 14.3 Å². The molecule has 2 aliphatic carbocycles. The minimum atomic E-state index is -0.373. The third kappa shape index (κ3) is 1.33. The molecule has 4 atom stereocenters. The number of carbonyl (C=O) groups excluding carboxylic acids is 2. The summed E-state index contributed by atoms with van der Waals surface area (Å²) in [5.74, 6) is 0.801. The molecule has 2 aliphatic rings. The molecule has 3 heteroatoms. The van der Waals surface area contributed by atoms with E-state index >= 15 is 0 Å². The molecule has 0 bridgehead atoms. The lowest BCUT2D eigenvalue weighted by molar-refractivity contribution is -0.164. The zero-order valence-electron chi connectivity index (χ0n) is 10.3. The van der Waals surface area contributed by atoms with Crippen molar-refractivity contribution in [3.05, 3.63) is 0 Å². The minimum absolute atomic E-state index is 0.0257. The highest BCUT2D eigenvalue weighted by atomic mass is 16.5. The van der Waals surface area contributed by atoms with Crippen molar-refractivity contribution in [2.45, 2.75) is 39.5 Å². The highest BCUT2D eigenvalue weighted by Crippen LogP contribution is 2.57. The van der Waals surface area contributed by atoms with E-state index in [0.717, 1.165) is 12.8 Å². The summed E-state index contributed by atoms with van der Waals surface area (Å²) in [4.78, 5) is 23.8. The van der Waals surface area contributed by atoms with Crippen molar-refractivity contribution in [1.29, 1.82) is 0 Å². The van der Waals surface area contributed by atoms with Crippen molar-refractivity contribution >= 4 is 11.8 Å². The number of Topliss-reactive ketones (excluding diaryl/α,β-unsaturated/α-hetero) is 1. The Bertz CT molecular complexity index is 323. The van der Waals surface area contributed by atoms with Gasteiger partial charge in [0.1, 0.15) is 5.78 Å². The molecule has 0 N–H and O–H groups in total. The van der Waals surface area contributed by atoms with E-state index in [1.54, 1.807) is 0 Å². The zero-order chi connectivity index (χ0) is 11.9. The maximum atomic E-state index is 12.1. The molecule has 0 aromatic rings. The average molecular weight is 224 g/mol. The Balaban J connectivity index is 2.38. The lowest BCUT2D eigenvalue weighted by Crippen LogP contribution is -2.48. The Kier molecular flexibility index (Phi) is 2.81. The lowest BCUT2D eigenvalue weighted by Gasteiger charge is -2.42. The third-order valence-corrected chi connectivity index (χ3v) is 4.91. The maximum Gasteiger partial charge on any atom is 0.312 e. The van der Waals surface area contributed by atoms with Crippen LogP contribution in [0.1, 0.15) is 39.5 Å². The number of rotatable bonds is 1. The number of methoxy groups -OCH3 is 1. The van der Waals surface area contributed by atoms with Crippen LogP contribution in [0.25, 0.3) is 0 Å². The molecular weight excluding hydrogens is 204 g/mol. The van der Waals surface area contributed by atoms with Gasteiger partial charge in [-0.1, -0.05) is 13.8 Å². The molecule has 0 saturated heterocycles. The number of carbonyl (C=O) groups is 2. The Morgan fingerprint density at radius 2 is 2.06 bits per heavy atom. The second-order valence-electron chi connectivity index (χ2n) is 5.37. The fraction of sp³-hybridized carbons (Fsp3) is 0.846. The molecular formula is C13H20O3. The molecule has 0 heterocycles. The molecule has 0 aromatic heterocycles. The summed E-state index contributed by atoms with van der Waals surface area (Å²) < 4.78 is 5.00. The Hall–Kier alpha value is -0.860. The van der Waals surface area contributed by atoms with Crippen LogP contribution in [-0.4, -0.2) is 18.9 Å². The Morgan fingerprint density at radius 1 is 1.38 bits per heavy atom. The molecule has 0 spiro atoms. The molecule has 3 nitrogen and oxygen atoms in total. The van der Waals surface area contributed by atoms with E-state index in [1.807, 2.05) is 6.92 Å². The van der Waals surface area contributed by atoms with E-state index in [4.69, 9.17) is 4.74 Å². The molecule has 90 valence electrons. The summed E-state index contributed by atoms with van der Waals surface area (Å²) >= 11 is 0. The first-order valence-corrected chi connectivity index (χ1v) is 6.15. The SMILES string of the molecule is COC(=O)[C@@]12CCC(=O)[C@H](C)[C@H]1CC[C@H]2C. The summed E-state index contributed by atoms with van der Waals surface area (Å²) in [5.41, 5.74) is -0.373. The Morgan fingerprint density at radius 3 is 2.69 bits per heavy atom. The van der Waals surface area contributed by atoms with Gasteiger partial charge >= 0.3 is 5.97 Å². The van der Waals surface area contributed by atoms with Gasteiger partial charge in [-0.15, -0.1) is 0 Å². The van der Waals surface area contributed by atoms with E-state index in [1.165, 1.54) is 7.11 Å². The smallest absolute Gasteiger partial charge is 0.312 e. The van der Waals surface area contributed by atoms with E-state index in [9.17, 15) is 9.59 Å². The third-order valence-electron chi connectivity index (χ3n) is 4.91. The van der Waals surface area contributed by atoms with Crippen LogP contribution in [0.15, 0.2) is 0 Å². The van der Waals surface area contributed by atoms with Gasteiger partial charge in [-0.2, -0.15) is 0 Å². The predicted molar refractivity (Wildman–Crippen MR) is 59.7 cm³/mol. The molecule has 2 saturated carbocycles. The lowest BCUT2D eigenvalue weighted by atomic mass is 9.60. The number of ketones is 1. The average Bonchev–Trinajstić information content (AvgIpc) is 2.62. The van der Waals surface area contributed by atoms with Crippen molar-refractivity contribution in [2.75, 3.05) is 7.11 Å². The van der Waals surface area contributed by atoms with Crippen LogP contribution in [0.3, 0.4) is 0 Å². The van der Waals surface area contributed by atoms with Gasteiger partial charge in [0, 0.05) is 12.3 Å². The topological polar surface area (TPSA) is 43.4 Å². The van der Waals surface area contributed by atoms with Gasteiger partial charge in [0.25, 0.3) is 0 Å². The zero-order valence-corrected chi connectivity index (χ0v) is 10.3. The standard InChI is InChI=1S/C13H20O3/c1-8-4-5-10-9(2)11(14)6-7-13(8,10)12(15)16-3/h8-10H,4-7H2,1-3H3/t8-,9-,10-,13-/m1/s1. The van der Waals surface area contributed by atoms with E-state index in [-0.39, 0.29) is 23.2 Å². The molecule has 0 amide bonds. The summed E-state index contributed by atoms with van der Waals surface area (Å²) in [6.45, 7) is 4.10. The molecule has 2 rings (SSSR count). The normalized spacial score (nSPS) is 42.9. The first-order valence-electron chi connectivity index (χ1n) is 6.15. The van der Waals surface area contributed by atoms with Crippen LogP contribution in [0, 0.1) is 23.2 Å². The van der Waals surface area contributed by atoms with Crippen LogP contribution in [0.4, 0.5) is 0 Å². The minimum Gasteiger partial charge on any atom is -0.469 e. The highest BCUT2D eigenvalue weighted by Gasteiger charge is 2.58. The summed E-state index contributed by atoms with van der Waals surface area (Å²) in [6, 6.07) is 0. The van der Waals surface area contributed by atoms with Gasteiger partial charge < -0.3 is 4.74 Å². The molecule has 2 fully saturated rings. The van der Waals surface area contributed by atoms with Crippen molar-refractivity contribution in [3.63, 3.8) is 0 Å². The van der Waals surface area contributed by atoms with Crippen molar-refractivity contribution in [1.82, 2.24) is 0 Å². The fourth-order valence-corrected chi connectivity index (χ4v) is 3.86. The molecule has 0 aromatic carbocycles. The fourth-order valence-electron chi connectivity index (χ4n) is 3.86. The van der Waals surface area contributed by atoms with E-state index in [0.29, 0.717) is 24.5 Å². The summed E-state index contributed by atoms with van der Waals surface area (Å²) in [5, 5.41) is 0. The van der Waals surface area contributed by atoms with Gasteiger partial charge in [-0.05, 0) is 31.1 Å². The van der Waals surface area contributed by atoms with Crippen LogP contribution in [0.5, 0.6) is 0 Å². The van der Waals surface area contributed by atoms with Crippen LogP contribution in [-0.2, 0) is 14.3 Å². The van der Waals surface area contributed by atoms with Crippen LogP contribution >= 0.6 is 0 Å². The second kappa shape index (κ2) is 3.86. The largest absolute Gasteiger partial charge is 0.469 e. The monoisotopic (exact) mass is 224 g/mol. The number of esters is 1. The van der Waals surface area contributed by atoms with Crippen molar-refractivity contribution in [3.8, 4) is 0 Å². The number of ether oxygens (including phenoxy) is 1. The van der Waals surface area contributed by atoms with Crippen LogP contribution in [0.2, 0.25) is 0 Å². The van der Waals surface area contributed by atoms with E-state index < -0.39 is 0 Å². The molecule has 0 unspecified atom stereocenters. The highest BCUT2D eigenvalue weighted by molar-refractivity contribution is 5.87. The maximum absolute atomic E-state index is 12.1. The van der Waals surface area contributed by atoms with Crippen molar-refractivity contribution in [2.24, 2.45) is 23.2 Å². The number of fused-ring (bicyclic) bond motifs is 1. The van der Waals surface area contributed by atoms with Gasteiger partial charge in [0.2, 0.25) is 0 Å². The summed E-state index contributed by atoms with van der Waals surface area (Å²) in [7, 11) is 1.46. The first-order chi connectivity index (χ1) is 7.54. The molecule has 16 heavy (non-hydrogen) atoms. The van der Waals surface area contributed by atoms with Gasteiger partial charge in [0.15, 0.2) is 0 Å². The number of hydrogen-bond donors (Lipinski definition) is 0. The second-order valence-corrected chi connectivity index (χ2v) is 5.37. The van der Waals surface area contributed by atoms with E-state index in [2.05, 4.69) is 6.92 Å². The first kappa shape index (κ1) is 11.6. The quantitative estimate of drug-likeness (QED) is 0.641. The Labute approximate surface area is 96.5 Å². The predicted octanol–water partition coefficient (Wildman–Crippen LogP) is 2.19. The van der Waals surface area contributed by atoms with Gasteiger partial charge in [-0.25, -0.2) is 0 Å². The summed E-state index contributed by atoms with van der Waals surface area (Å²) in [6.07, 6.45) is 3.26. The number of hydrogen-bond acceptors (Lipinski definition) is 3. The van der Waals surface area contributed by atoms with Crippen LogP contribution < -0.4 is 0 Å². The van der Waals surface area contributed by atoms with Gasteiger partial charge in [-0.3, -0.25) is 9.59 Å². The van der Waals surface area contributed by atoms with Gasteiger partial charge in [0.05, 0.1) is 12.5 Å². The molecule has 0 radical (unpaired) electrons.